The number of hydrogen-bond donors (Lipinski definition) is 1. The Morgan fingerprint density at radius 3 is 3.00 bits per heavy atom. The molecule has 1 heterocycles. The van der Waals surface area contributed by atoms with Gasteiger partial charge in [-0.05, 0) is 38.0 Å². The van der Waals surface area contributed by atoms with Gasteiger partial charge in [0, 0.05) is 6.04 Å². The van der Waals surface area contributed by atoms with Crippen LogP contribution in [0, 0.1) is 11.8 Å². The van der Waals surface area contributed by atoms with Crippen molar-refractivity contribution in [2.45, 2.75) is 46.1 Å². The van der Waals surface area contributed by atoms with Gasteiger partial charge in [-0.1, -0.05) is 13.8 Å². The first-order valence-corrected chi connectivity index (χ1v) is 6.99. The molecule has 3 atom stereocenters. The fraction of sp³-hybridized carbons (Fsp3) is 0.714. The van der Waals surface area contributed by atoms with Gasteiger partial charge in [-0.25, -0.2) is 4.79 Å². The minimum Gasteiger partial charge on any atom is -0.461 e. The van der Waals surface area contributed by atoms with Crippen molar-refractivity contribution in [1.29, 1.82) is 0 Å². The van der Waals surface area contributed by atoms with Gasteiger partial charge in [0.15, 0.2) is 5.69 Å². The van der Waals surface area contributed by atoms with Crippen molar-refractivity contribution in [3.63, 3.8) is 0 Å². The summed E-state index contributed by atoms with van der Waals surface area (Å²) < 4.78 is 10.2. The molecule has 0 bridgehead atoms. The van der Waals surface area contributed by atoms with Gasteiger partial charge in [0.1, 0.15) is 6.26 Å². The topological polar surface area (TPSA) is 64.4 Å². The predicted molar refractivity (Wildman–Crippen MR) is 72.0 cm³/mol. The number of hydrogen-bond acceptors (Lipinski definition) is 5. The maximum atomic E-state index is 11.5. The zero-order chi connectivity index (χ0) is 13.8. The Labute approximate surface area is 113 Å². The number of rotatable bonds is 4. The van der Waals surface area contributed by atoms with Crippen LogP contribution in [0.15, 0.2) is 10.7 Å². The summed E-state index contributed by atoms with van der Waals surface area (Å²) in [6.45, 7) is 6.63. The molecule has 3 unspecified atom stereocenters. The molecule has 0 radical (unpaired) electrons. The van der Waals surface area contributed by atoms with Gasteiger partial charge >= 0.3 is 5.97 Å². The molecule has 0 spiro atoms. The Kier molecular flexibility index (Phi) is 4.45. The lowest BCUT2D eigenvalue weighted by Gasteiger charge is -2.32. The van der Waals surface area contributed by atoms with E-state index in [2.05, 4.69) is 24.1 Å². The highest BCUT2D eigenvalue weighted by Gasteiger charge is 2.26. The summed E-state index contributed by atoms with van der Waals surface area (Å²) in [6.07, 6.45) is 4.88. The van der Waals surface area contributed by atoms with Crippen LogP contribution in [-0.4, -0.2) is 23.6 Å². The van der Waals surface area contributed by atoms with Crippen LogP contribution in [-0.2, 0) is 4.74 Å². The van der Waals surface area contributed by atoms with Crippen LogP contribution in [0.3, 0.4) is 0 Å². The molecule has 106 valence electrons. The Balaban J connectivity index is 1.94. The molecule has 1 fully saturated rings. The Hall–Kier alpha value is -1.52. The second-order valence-corrected chi connectivity index (χ2v) is 5.40. The molecule has 1 N–H and O–H groups in total. The minimum atomic E-state index is -0.440. The van der Waals surface area contributed by atoms with Crippen molar-refractivity contribution in [3.8, 4) is 0 Å². The fourth-order valence-electron chi connectivity index (χ4n) is 2.68. The van der Waals surface area contributed by atoms with Crippen molar-refractivity contribution in [2.75, 3.05) is 11.9 Å². The van der Waals surface area contributed by atoms with E-state index >= 15 is 0 Å². The van der Waals surface area contributed by atoms with Crippen LogP contribution in [0.4, 0.5) is 6.01 Å². The molecular weight excluding hydrogens is 244 g/mol. The van der Waals surface area contributed by atoms with Crippen molar-refractivity contribution in [3.05, 3.63) is 12.0 Å². The van der Waals surface area contributed by atoms with Crippen LogP contribution in [0.2, 0.25) is 0 Å². The lowest BCUT2D eigenvalue weighted by Crippen LogP contribution is -2.33. The second kappa shape index (κ2) is 6.08. The molecule has 0 amide bonds. The molecule has 0 saturated heterocycles. The first-order chi connectivity index (χ1) is 9.10. The maximum absolute atomic E-state index is 11.5. The third kappa shape index (κ3) is 3.49. The van der Waals surface area contributed by atoms with Gasteiger partial charge in [-0.15, -0.1) is 0 Å². The predicted octanol–water partition coefficient (Wildman–Crippen LogP) is 3.09. The smallest absolute Gasteiger partial charge is 0.360 e. The van der Waals surface area contributed by atoms with E-state index in [1.54, 1.807) is 6.92 Å². The van der Waals surface area contributed by atoms with E-state index in [9.17, 15) is 4.79 Å². The first kappa shape index (κ1) is 13.9. The summed E-state index contributed by atoms with van der Waals surface area (Å²) in [5, 5.41) is 3.28. The van der Waals surface area contributed by atoms with Gasteiger partial charge in [-0.2, -0.15) is 4.98 Å². The number of carbonyl (C=O) groups excluding carboxylic acids is 1. The van der Waals surface area contributed by atoms with Gasteiger partial charge in [-0.3, -0.25) is 0 Å². The molecule has 5 heteroatoms. The molecule has 1 aromatic heterocycles. The molecule has 0 aliphatic heterocycles. The third-order valence-electron chi connectivity index (χ3n) is 3.73. The molecule has 1 aromatic rings. The van der Waals surface area contributed by atoms with Crippen LogP contribution in [0.5, 0.6) is 0 Å². The fourth-order valence-corrected chi connectivity index (χ4v) is 2.68. The van der Waals surface area contributed by atoms with E-state index in [1.165, 1.54) is 19.1 Å². The maximum Gasteiger partial charge on any atom is 0.360 e. The van der Waals surface area contributed by atoms with Gasteiger partial charge in [0.05, 0.1) is 6.61 Å². The summed E-state index contributed by atoms with van der Waals surface area (Å²) in [4.78, 5) is 15.6. The molecular formula is C14H22N2O3. The van der Waals surface area contributed by atoms with E-state index in [4.69, 9.17) is 9.15 Å². The summed E-state index contributed by atoms with van der Waals surface area (Å²) in [5.41, 5.74) is 0.223. The van der Waals surface area contributed by atoms with Crippen LogP contribution < -0.4 is 5.32 Å². The van der Waals surface area contributed by atoms with E-state index in [1.807, 2.05) is 0 Å². The number of oxazole rings is 1. The monoisotopic (exact) mass is 266 g/mol. The number of aromatic nitrogens is 1. The van der Waals surface area contributed by atoms with Crippen LogP contribution >= 0.6 is 0 Å². The van der Waals surface area contributed by atoms with E-state index in [0.717, 1.165) is 12.3 Å². The van der Waals surface area contributed by atoms with Crippen molar-refractivity contribution in [1.82, 2.24) is 4.98 Å². The molecule has 1 saturated carbocycles. The highest BCUT2D eigenvalue weighted by molar-refractivity contribution is 5.87. The third-order valence-corrected chi connectivity index (χ3v) is 3.73. The van der Waals surface area contributed by atoms with Crippen molar-refractivity contribution >= 4 is 12.0 Å². The van der Waals surface area contributed by atoms with E-state index < -0.39 is 5.97 Å². The summed E-state index contributed by atoms with van der Waals surface area (Å²) >= 11 is 0. The average molecular weight is 266 g/mol. The average Bonchev–Trinajstić information content (AvgIpc) is 2.82. The molecule has 1 aliphatic carbocycles. The Morgan fingerprint density at radius 2 is 2.32 bits per heavy atom. The van der Waals surface area contributed by atoms with Gasteiger partial charge in [0.25, 0.3) is 6.01 Å². The number of nitrogens with one attached hydrogen (secondary N) is 1. The minimum absolute atomic E-state index is 0.223. The summed E-state index contributed by atoms with van der Waals surface area (Å²) in [5.74, 6) is 0.930. The molecule has 5 nitrogen and oxygen atoms in total. The van der Waals surface area contributed by atoms with Crippen molar-refractivity contribution < 1.29 is 13.9 Å². The second-order valence-electron chi connectivity index (χ2n) is 5.40. The molecule has 0 aromatic carbocycles. The first-order valence-electron chi connectivity index (χ1n) is 6.99. The quantitative estimate of drug-likeness (QED) is 0.848. The number of esters is 1. The Bertz CT molecular complexity index is 430. The zero-order valence-corrected chi connectivity index (χ0v) is 11.8. The standard InChI is InChI=1S/C14H22N2O3/c1-4-18-13(17)12-8-19-14(16-12)15-11-6-5-9(2)7-10(11)3/h8-11H,4-7H2,1-3H3,(H,15,16). The van der Waals surface area contributed by atoms with Gasteiger partial charge in [0.2, 0.25) is 0 Å². The van der Waals surface area contributed by atoms with E-state index in [-0.39, 0.29) is 5.69 Å². The largest absolute Gasteiger partial charge is 0.461 e. The highest BCUT2D eigenvalue weighted by Crippen LogP contribution is 2.30. The highest BCUT2D eigenvalue weighted by atomic mass is 16.5. The van der Waals surface area contributed by atoms with Gasteiger partial charge < -0.3 is 14.5 Å². The normalized spacial score (nSPS) is 27.0. The number of nitrogens with zero attached hydrogens (tertiary/aromatic N) is 1. The van der Waals surface area contributed by atoms with Crippen LogP contribution in [0.25, 0.3) is 0 Å². The Morgan fingerprint density at radius 1 is 1.53 bits per heavy atom. The SMILES string of the molecule is CCOC(=O)c1coc(NC2CCC(C)CC2C)n1. The lowest BCUT2D eigenvalue weighted by atomic mass is 9.80. The summed E-state index contributed by atoms with van der Waals surface area (Å²) in [7, 11) is 0. The number of anilines is 1. The molecule has 2 rings (SSSR count). The molecule has 19 heavy (non-hydrogen) atoms. The zero-order valence-electron chi connectivity index (χ0n) is 11.8. The lowest BCUT2D eigenvalue weighted by molar-refractivity contribution is 0.0519. The number of ether oxygens (including phenoxy) is 1. The molecule has 1 aliphatic rings. The van der Waals surface area contributed by atoms with Crippen LogP contribution in [0.1, 0.15) is 50.5 Å². The number of carbonyl (C=O) groups is 1. The summed E-state index contributed by atoms with van der Waals surface area (Å²) in [6, 6.07) is 0.777. The van der Waals surface area contributed by atoms with Crippen molar-refractivity contribution in [2.24, 2.45) is 11.8 Å². The van der Waals surface area contributed by atoms with E-state index in [0.29, 0.717) is 24.6 Å².